The number of ether oxygens (including phenoxy) is 2. The number of methoxy groups -OCH3 is 1. The summed E-state index contributed by atoms with van der Waals surface area (Å²) < 4.78 is 10.7. The molecule has 1 aliphatic heterocycles. The van der Waals surface area contributed by atoms with Crippen LogP contribution in [0.25, 0.3) is 0 Å². The Bertz CT molecular complexity index is 387. The van der Waals surface area contributed by atoms with Gasteiger partial charge in [-0.1, -0.05) is 0 Å². The normalized spacial score (nSPS) is 24.4. The summed E-state index contributed by atoms with van der Waals surface area (Å²) in [5.74, 6) is 0.704. The minimum absolute atomic E-state index is 0.000618. The number of anilines is 2. The molecular formula is C13H20N2O2. The first-order chi connectivity index (χ1) is 8.13. The second-order valence-electron chi connectivity index (χ2n) is 4.80. The van der Waals surface area contributed by atoms with Crippen LogP contribution >= 0.6 is 0 Å². The maximum absolute atomic E-state index is 5.79. The summed E-state index contributed by atoms with van der Waals surface area (Å²) in [5, 5.41) is 3.50. The van der Waals surface area contributed by atoms with Crippen molar-refractivity contribution in [1.82, 2.24) is 0 Å². The van der Waals surface area contributed by atoms with E-state index in [2.05, 4.69) is 12.2 Å². The van der Waals surface area contributed by atoms with Gasteiger partial charge < -0.3 is 20.5 Å². The van der Waals surface area contributed by atoms with E-state index < -0.39 is 0 Å². The number of hydrogen-bond acceptors (Lipinski definition) is 4. The predicted octanol–water partition coefficient (Wildman–Crippen LogP) is 2.26. The molecule has 3 N–H and O–H groups in total. The standard InChI is InChI=1S/C13H20N2O2/c1-13(6-3-7-17-9-13)15-10-4-5-11(14)12(8-10)16-2/h4-5,8,15H,3,6-7,9,14H2,1-2H3. The van der Waals surface area contributed by atoms with Gasteiger partial charge in [0.1, 0.15) is 5.75 Å². The van der Waals surface area contributed by atoms with Crippen LogP contribution in [0.3, 0.4) is 0 Å². The van der Waals surface area contributed by atoms with E-state index in [0.717, 1.165) is 31.7 Å². The highest BCUT2D eigenvalue weighted by molar-refractivity contribution is 5.62. The van der Waals surface area contributed by atoms with E-state index in [1.807, 2.05) is 18.2 Å². The van der Waals surface area contributed by atoms with Gasteiger partial charge in [-0.3, -0.25) is 0 Å². The SMILES string of the molecule is COc1cc(NC2(C)CCCOC2)ccc1N. The van der Waals surface area contributed by atoms with Gasteiger partial charge in [0, 0.05) is 18.4 Å². The quantitative estimate of drug-likeness (QED) is 0.790. The average Bonchev–Trinajstić information content (AvgIpc) is 2.32. The second-order valence-corrected chi connectivity index (χ2v) is 4.80. The van der Waals surface area contributed by atoms with Crippen LogP contribution in [0.5, 0.6) is 5.75 Å². The monoisotopic (exact) mass is 236 g/mol. The first kappa shape index (κ1) is 12.0. The first-order valence-electron chi connectivity index (χ1n) is 5.92. The van der Waals surface area contributed by atoms with E-state index in [4.69, 9.17) is 15.2 Å². The molecule has 0 aliphatic carbocycles. The van der Waals surface area contributed by atoms with Crippen molar-refractivity contribution in [2.75, 3.05) is 31.4 Å². The molecule has 2 rings (SSSR count). The summed E-state index contributed by atoms with van der Waals surface area (Å²) in [6, 6.07) is 5.75. The van der Waals surface area contributed by atoms with Crippen LogP contribution in [0.15, 0.2) is 18.2 Å². The molecule has 0 aromatic heterocycles. The molecule has 0 saturated carbocycles. The summed E-state index contributed by atoms with van der Waals surface area (Å²) in [5.41, 5.74) is 7.46. The van der Waals surface area contributed by atoms with E-state index in [1.54, 1.807) is 7.11 Å². The zero-order chi connectivity index (χ0) is 12.3. The molecule has 1 fully saturated rings. The first-order valence-corrected chi connectivity index (χ1v) is 5.92. The molecule has 4 heteroatoms. The molecule has 0 amide bonds. The van der Waals surface area contributed by atoms with E-state index >= 15 is 0 Å². The highest BCUT2D eigenvalue weighted by Gasteiger charge is 2.27. The molecule has 0 radical (unpaired) electrons. The summed E-state index contributed by atoms with van der Waals surface area (Å²) in [4.78, 5) is 0. The largest absolute Gasteiger partial charge is 0.495 e. The zero-order valence-electron chi connectivity index (χ0n) is 10.5. The number of hydrogen-bond donors (Lipinski definition) is 2. The van der Waals surface area contributed by atoms with Gasteiger partial charge in [-0.2, -0.15) is 0 Å². The summed E-state index contributed by atoms with van der Waals surface area (Å²) in [6.07, 6.45) is 2.20. The Morgan fingerprint density at radius 2 is 2.29 bits per heavy atom. The number of rotatable bonds is 3. The summed E-state index contributed by atoms with van der Waals surface area (Å²) in [7, 11) is 1.63. The number of benzene rings is 1. The van der Waals surface area contributed by atoms with Gasteiger partial charge in [-0.25, -0.2) is 0 Å². The fraction of sp³-hybridized carbons (Fsp3) is 0.538. The highest BCUT2D eigenvalue weighted by atomic mass is 16.5. The molecule has 94 valence electrons. The van der Waals surface area contributed by atoms with Crippen LogP contribution in [0, 0.1) is 0 Å². The van der Waals surface area contributed by atoms with Crippen molar-refractivity contribution in [3.8, 4) is 5.75 Å². The molecule has 1 unspecified atom stereocenters. The molecule has 1 atom stereocenters. The third kappa shape index (κ3) is 2.82. The Hall–Kier alpha value is -1.42. The topological polar surface area (TPSA) is 56.5 Å². The van der Waals surface area contributed by atoms with Gasteiger partial charge in [0.15, 0.2) is 0 Å². The third-order valence-corrected chi connectivity index (χ3v) is 3.12. The Balaban J connectivity index is 2.12. The smallest absolute Gasteiger partial charge is 0.143 e. The Kier molecular flexibility index (Phi) is 3.43. The maximum atomic E-state index is 5.79. The fourth-order valence-corrected chi connectivity index (χ4v) is 2.17. The molecule has 1 aliphatic rings. The number of nitrogens with two attached hydrogens (primary N) is 1. The second kappa shape index (κ2) is 4.84. The third-order valence-electron chi connectivity index (χ3n) is 3.12. The van der Waals surface area contributed by atoms with Crippen molar-refractivity contribution < 1.29 is 9.47 Å². The molecule has 0 spiro atoms. The van der Waals surface area contributed by atoms with Gasteiger partial charge >= 0.3 is 0 Å². The lowest BCUT2D eigenvalue weighted by molar-refractivity contribution is 0.0540. The Morgan fingerprint density at radius 1 is 1.47 bits per heavy atom. The number of nitrogens with one attached hydrogen (secondary N) is 1. The van der Waals surface area contributed by atoms with Gasteiger partial charge in [0.05, 0.1) is 24.9 Å². The zero-order valence-corrected chi connectivity index (χ0v) is 10.5. The molecule has 1 heterocycles. The molecule has 1 aromatic carbocycles. The Labute approximate surface area is 102 Å². The minimum Gasteiger partial charge on any atom is -0.495 e. The molecule has 1 saturated heterocycles. The van der Waals surface area contributed by atoms with E-state index in [1.165, 1.54) is 0 Å². The van der Waals surface area contributed by atoms with Crippen molar-refractivity contribution >= 4 is 11.4 Å². The van der Waals surface area contributed by atoms with Crippen molar-refractivity contribution in [2.24, 2.45) is 0 Å². The van der Waals surface area contributed by atoms with Crippen molar-refractivity contribution in [2.45, 2.75) is 25.3 Å². The van der Waals surface area contributed by atoms with Crippen LogP contribution in [0.4, 0.5) is 11.4 Å². The summed E-state index contributed by atoms with van der Waals surface area (Å²) in [6.45, 7) is 3.77. The predicted molar refractivity (Wildman–Crippen MR) is 69.5 cm³/mol. The van der Waals surface area contributed by atoms with Crippen LogP contribution < -0.4 is 15.8 Å². The van der Waals surface area contributed by atoms with Crippen LogP contribution in [0.2, 0.25) is 0 Å². The van der Waals surface area contributed by atoms with E-state index in [-0.39, 0.29) is 5.54 Å². The van der Waals surface area contributed by atoms with Gasteiger partial charge in [-0.15, -0.1) is 0 Å². The molecule has 17 heavy (non-hydrogen) atoms. The van der Waals surface area contributed by atoms with Crippen molar-refractivity contribution in [1.29, 1.82) is 0 Å². The molecular weight excluding hydrogens is 216 g/mol. The van der Waals surface area contributed by atoms with Crippen LogP contribution in [0.1, 0.15) is 19.8 Å². The van der Waals surface area contributed by atoms with E-state index in [0.29, 0.717) is 11.4 Å². The molecule has 1 aromatic rings. The van der Waals surface area contributed by atoms with Crippen molar-refractivity contribution in [3.05, 3.63) is 18.2 Å². The van der Waals surface area contributed by atoms with Gasteiger partial charge in [0.2, 0.25) is 0 Å². The molecule has 4 nitrogen and oxygen atoms in total. The number of nitrogen functional groups attached to an aromatic ring is 1. The molecule has 0 bridgehead atoms. The maximum Gasteiger partial charge on any atom is 0.143 e. The lowest BCUT2D eigenvalue weighted by Gasteiger charge is -2.35. The summed E-state index contributed by atoms with van der Waals surface area (Å²) >= 11 is 0. The van der Waals surface area contributed by atoms with Crippen LogP contribution in [-0.2, 0) is 4.74 Å². The lowest BCUT2D eigenvalue weighted by atomic mass is 9.94. The average molecular weight is 236 g/mol. The minimum atomic E-state index is -0.000618. The Morgan fingerprint density at radius 3 is 2.94 bits per heavy atom. The van der Waals surface area contributed by atoms with E-state index in [9.17, 15) is 0 Å². The van der Waals surface area contributed by atoms with Crippen molar-refractivity contribution in [3.63, 3.8) is 0 Å². The highest BCUT2D eigenvalue weighted by Crippen LogP contribution is 2.29. The fourth-order valence-electron chi connectivity index (χ4n) is 2.17. The van der Waals surface area contributed by atoms with Gasteiger partial charge in [0.25, 0.3) is 0 Å². The van der Waals surface area contributed by atoms with Crippen LogP contribution in [-0.4, -0.2) is 25.9 Å². The lowest BCUT2D eigenvalue weighted by Crippen LogP contribution is -2.43. The van der Waals surface area contributed by atoms with Gasteiger partial charge in [-0.05, 0) is 31.9 Å².